The van der Waals surface area contributed by atoms with Crippen LogP contribution in [0.1, 0.15) is 52.9 Å². The van der Waals surface area contributed by atoms with Gasteiger partial charge in [0.2, 0.25) is 0 Å². The highest BCUT2D eigenvalue weighted by atomic mass is 16.8. The molecule has 0 heterocycles. The van der Waals surface area contributed by atoms with Crippen molar-refractivity contribution in [3.63, 3.8) is 0 Å². The summed E-state index contributed by atoms with van der Waals surface area (Å²) in [4.78, 5) is 23.0. The van der Waals surface area contributed by atoms with Gasteiger partial charge < -0.3 is 18.9 Å². The van der Waals surface area contributed by atoms with E-state index >= 15 is 0 Å². The molecule has 2 unspecified atom stereocenters. The fraction of sp³-hybridized carbons (Fsp3) is 0.867. The van der Waals surface area contributed by atoms with Crippen LogP contribution < -0.4 is 0 Å². The monoisotopic (exact) mass is 302 g/mol. The van der Waals surface area contributed by atoms with Gasteiger partial charge in [-0.2, -0.15) is 0 Å². The molecule has 1 aliphatic rings. The smallest absolute Gasteiger partial charge is 0.435 e. The molecule has 0 aromatic rings. The summed E-state index contributed by atoms with van der Waals surface area (Å²) in [6, 6.07) is 0. The van der Waals surface area contributed by atoms with Gasteiger partial charge in [-0.1, -0.05) is 13.8 Å². The molecule has 0 saturated heterocycles. The third-order valence-electron chi connectivity index (χ3n) is 3.31. The first-order chi connectivity index (χ1) is 10.0. The van der Waals surface area contributed by atoms with E-state index in [1.54, 1.807) is 6.92 Å². The van der Waals surface area contributed by atoms with E-state index in [4.69, 9.17) is 18.9 Å². The van der Waals surface area contributed by atoms with Crippen LogP contribution in [0, 0.1) is 5.92 Å². The summed E-state index contributed by atoms with van der Waals surface area (Å²) >= 11 is 0. The molecule has 1 aliphatic carbocycles. The van der Waals surface area contributed by atoms with Gasteiger partial charge in [-0.15, -0.1) is 0 Å². The molecule has 0 radical (unpaired) electrons. The molecular weight excluding hydrogens is 276 g/mol. The minimum absolute atomic E-state index is 0.258. The van der Waals surface area contributed by atoms with Crippen molar-refractivity contribution in [2.45, 2.75) is 65.1 Å². The SMILES string of the molecule is CCOC(=O)OC1CCCCC1OC(=O)OCCC(C)C. The van der Waals surface area contributed by atoms with E-state index < -0.39 is 24.5 Å². The maximum Gasteiger partial charge on any atom is 0.508 e. The molecular formula is C15H26O6. The Balaban J connectivity index is 2.38. The Labute approximate surface area is 126 Å². The zero-order valence-corrected chi connectivity index (χ0v) is 13.1. The summed E-state index contributed by atoms with van der Waals surface area (Å²) in [7, 11) is 0. The summed E-state index contributed by atoms with van der Waals surface area (Å²) in [6.45, 7) is 6.42. The van der Waals surface area contributed by atoms with Crippen molar-refractivity contribution in [1.29, 1.82) is 0 Å². The molecule has 0 amide bonds. The summed E-state index contributed by atoms with van der Waals surface area (Å²) in [5.74, 6) is 0.465. The molecule has 21 heavy (non-hydrogen) atoms. The molecule has 1 saturated carbocycles. The van der Waals surface area contributed by atoms with Crippen molar-refractivity contribution in [1.82, 2.24) is 0 Å². The van der Waals surface area contributed by atoms with Crippen molar-refractivity contribution >= 4 is 12.3 Å². The van der Waals surface area contributed by atoms with E-state index in [-0.39, 0.29) is 6.61 Å². The number of hydrogen-bond acceptors (Lipinski definition) is 6. The molecule has 0 bridgehead atoms. The Hall–Kier alpha value is -1.46. The second kappa shape index (κ2) is 9.47. The number of carbonyl (C=O) groups is 2. The van der Waals surface area contributed by atoms with Crippen LogP contribution in [-0.4, -0.2) is 37.7 Å². The Bertz CT molecular complexity index is 328. The van der Waals surface area contributed by atoms with Gasteiger partial charge in [0.15, 0.2) is 0 Å². The number of ether oxygens (including phenoxy) is 4. The third kappa shape index (κ3) is 7.20. The lowest BCUT2D eigenvalue weighted by Crippen LogP contribution is -2.38. The Morgan fingerprint density at radius 1 is 1.00 bits per heavy atom. The predicted octanol–water partition coefficient (Wildman–Crippen LogP) is 3.67. The first-order valence-corrected chi connectivity index (χ1v) is 7.69. The molecule has 6 nitrogen and oxygen atoms in total. The molecule has 0 N–H and O–H groups in total. The lowest BCUT2D eigenvalue weighted by atomic mass is 9.95. The summed E-state index contributed by atoms with van der Waals surface area (Å²) in [5.41, 5.74) is 0. The molecule has 1 fully saturated rings. The van der Waals surface area contributed by atoms with E-state index in [0.29, 0.717) is 25.4 Å². The minimum atomic E-state index is -0.717. The highest BCUT2D eigenvalue weighted by Gasteiger charge is 2.32. The summed E-state index contributed by atoms with van der Waals surface area (Å²) < 4.78 is 20.2. The highest BCUT2D eigenvalue weighted by molar-refractivity contribution is 5.61. The Morgan fingerprint density at radius 2 is 1.52 bits per heavy atom. The zero-order valence-electron chi connectivity index (χ0n) is 13.1. The lowest BCUT2D eigenvalue weighted by Gasteiger charge is -2.29. The van der Waals surface area contributed by atoms with Crippen molar-refractivity contribution in [3.8, 4) is 0 Å². The van der Waals surface area contributed by atoms with E-state index in [1.807, 2.05) is 0 Å². The largest absolute Gasteiger partial charge is 0.508 e. The van der Waals surface area contributed by atoms with E-state index in [0.717, 1.165) is 19.3 Å². The maximum atomic E-state index is 11.6. The molecule has 6 heteroatoms. The van der Waals surface area contributed by atoms with Gasteiger partial charge in [-0.25, -0.2) is 9.59 Å². The third-order valence-corrected chi connectivity index (χ3v) is 3.31. The van der Waals surface area contributed by atoms with Crippen molar-refractivity contribution in [2.75, 3.05) is 13.2 Å². The average Bonchev–Trinajstić information content (AvgIpc) is 2.41. The van der Waals surface area contributed by atoms with Crippen LogP contribution in [0.3, 0.4) is 0 Å². The number of hydrogen-bond donors (Lipinski definition) is 0. The van der Waals surface area contributed by atoms with Crippen LogP contribution in [0.2, 0.25) is 0 Å². The quantitative estimate of drug-likeness (QED) is 0.697. The van der Waals surface area contributed by atoms with Crippen LogP contribution in [0.4, 0.5) is 9.59 Å². The Morgan fingerprint density at radius 3 is 2.00 bits per heavy atom. The van der Waals surface area contributed by atoms with Crippen molar-refractivity contribution < 1.29 is 28.5 Å². The molecule has 0 aromatic heterocycles. The minimum Gasteiger partial charge on any atom is -0.435 e. The van der Waals surface area contributed by atoms with Gasteiger partial charge in [-0.3, -0.25) is 0 Å². The van der Waals surface area contributed by atoms with Crippen molar-refractivity contribution in [2.24, 2.45) is 5.92 Å². The lowest BCUT2D eigenvalue weighted by molar-refractivity contribution is -0.0707. The maximum absolute atomic E-state index is 11.6. The van der Waals surface area contributed by atoms with Gasteiger partial charge in [0.1, 0.15) is 12.2 Å². The molecule has 0 aromatic carbocycles. The second-order valence-corrected chi connectivity index (χ2v) is 5.56. The Kier molecular flexibility index (Phi) is 7.93. The molecule has 0 spiro atoms. The molecule has 0 aliphatic heterocycles. The number of rotatable bonds is 6. The van der Waals surface area contributed by atoms with Gasteiger partial charge in [-0.05, 0) is 44.9 Å². The molecule has 122 valence electrons. The topological polar surface area (TPSA) is 71.1 Å². The van der Waals surface area contributed by atoms with Crippen LogP contribution >= 0.6 is 0 Å². The summed E-state index contributed by atoms with van der Waals surface area (Å²) in [5, 5.41) is 0. The van der Waals surface area contributed by atoms with Crippen LogP contribution in [0.5, 0.6) is 0 Å². The highest BCUT2D eigenvalue weighted by Crippen LogP contribution is 2.24. The standard InChI is InChI=1S/C15H26O6/c1-4-18-14(16)20-12-7-5-6-8-13(12)21-15(17)19-10-9-11(2)3/h11-13H,4-10H2,1-3H3. The molecule has 2 atom stereocenters. The normalized spacial score (nSPS) is 21.7. The fourth-order valence-corrected chi connectivity index (χ4v) is 2.14. The first kappa shape index (κ1) is 17.6. The van der Waals surface area contributed by atoms with Gasteiger partial charge in [0.05, 0.1) is 13.2 Å². The zero-order chi connectivity index (χ0) is 15.7. The molecule has 1 rings (SSSR count). The van der Waals surface area contributed by atoms with E-state index in [1.165, 1.54) is 0 Å². The second-order valence-electron chi connectivity index (χ2n) is 5.56. The van der Waals surface area contributed by atoms with Crippen LogP contribution in [0.15, 0.2) is 0 Å². The fourth-order valence-electron chi connectivity index (χ4n) is 2.14. The first-order valence-electron chi connectivity index (χ1n) is 7.69. The van der Waals surface area contributed by atoms with E-state index in [2.05, 4.69) is 13.8 Å². The average molecular weight is 302 g/mol. The van der Waals surface area contributed by atoms with Crippen LogP contribution in [-0.2, 0) is 18.9 Å². The number of carbonyl (C=O) groups excluding carboxylic acids is 2. The van der Waals surface area contributed by atoms with Gasteiger partial charge >= 0.3 is 12.3 Å². The van der Waals surface area contributed by atoms with Gasteiger partial charge in [0, 0.05) is 0 Å². The van der Waals surface area contributed by atoms with Gasteiger partial charge in [0.25, 0.3) is 0 Å². The van der Waals surface area contributed by atoms with Crippen LogP contribution in [0.25, 0.3) is 0 Å². The summed E-state index contributed by atoms with van der Waals surface area (Å²) in [6.07, 6.45) is 1.70. The van der Waals surface area contributed by atoms with Crippen molar-refractivity contribution in [3.05, 3.63) is 0 Å². The predicted molar refractivity (Wildman–Crippen MR) is 76.0 cm³/mol. The van der Waals surface area contributed by atoms with E-state index in [9.17, 15) is 9.59 Å².